The van der Waals surface area contributed by atoms with Crippen LogP contribution in [0.25, 0.3) is 16.3 Å². The van der Waals surface area contributed by atoms with Crippen LogP contribution in [0, 0.1) is 11.3 Å². The Kier molecular flexibility index (Phi) is 7.90. The molecule has 0 spiro atoms. The van der Waals surface area contributed by atoms with E-state index < -0.39 is 12.1 Å². The molecule has 1 aliphatic rings. The van der Waals surface area contributed by atoms with Crippen LogP contribution in [0.3, 0.4) is 0 Å². The van der Waals surface area contributed by atoms with Gasteiger partial charge in [-0.25, -0.2) is 8.78 Å². The zero-order valence-corrected chi connectivity index (χ0v) is 19.8. The third-order valence-corrected chi connectivity index (χ3v) is 6.53. The number of rotatable bonds is 8. The molecule has 1 aliphatic heterocycles. The van der Waals surface area contributed by atoms with E-state index in [1.54, 1.807) is 42.6 Å². The lowest BCUT2D eigenvalue weighted by molar-refractivity contribution is 0.0944. The number of pyridine rings is 1. The molecule has 7 nitrogen and oxygen atoms in total. The van der Waals surface area contributed by atoms with Gasteiger partial charge in [-0.05, 0) is 78.7 Å². The van der Waals surface area contributed by atoms with Gasteiger partial charge in [-0.3, -0.25) is 9.59 Å². The predicted octanol–water partition coefficient (Wildman–Crippen LogP) is 3.36. The number of amides is 1. The maximum absolute atomic E-state index is 13.1. The highest BCUT2D eigenvalue weighted by molar-refractivity contribution is 6.10. The van der Waals surface area contributed by atoms with Gasteiger partial charge >= 0.3 is 0 Å². The predicted molar refractivity (Wildman–Crippen MR) is 138 cm³/mol. The molecule has 0 unspecified atom stereocenters. The minimum atomic E-state index is -2.88. The smallest absolute Gasteiger partial charge is 0.278 e. The van der Waals surface area contributed by atoms with Crippen LogP contribution in [-0.2, 0) is 6.54 Å². The molecule has 4 rings (SSSR count). The van der Waals surface area contributed by atoms with E-state index in [2.05, 4.69) is 10.6 Å². The number of nitrogens with zero attached hydrogens (tertiary/aromatic N) is 1. The number of alkyl halides is 2. The van der Waals surface area contributed by atoms with Gasteiger partial charge in [0.1, 0.15) is 0 Å². The number of piperidine rings is 1. The van der Waals surface area contributed by atoms with Crippen molar-refractivity contribution in [3.63, 3.8) is 0 Å². The molecule has 2 heterocycles. The van der Waals surface area contributed by atoms with Gasteiger partial charge in [0.05, 0.1) is 12.2 Å². The van der Waals surface area contributed by atoms with Crippen LogP contribution in [0.5, 0.6) is 0 Å². The van der Waals surface area contributed by atoms with Gasteiger partial charge in [-0.1, -0.05) is 18.2 Å². The molecule has 0 aliphatic carbocycles. The molecule has 3 aromatic rings. The first-order valence-corrected chi connectivity index (χ1v) is 11.9. The van der Waals surface area contributed by atoms with E-state index in [0.29, 0.717) is 34.4 Å². The summed E-state index contributed by atoms with van der Waals surface area (Å²) in [5.74, 6) is 0.347. The van der Waals surface area contributed by atoms with Gasteiger partial charge in [0, 0.05) is 35.5 Å². The Morgan fingerprint density at radius 2 is 1.94 bits per heavy atom. The average molecular weight is 494 g/mol. The summed E-state index contributed by atoms with van der Waals surface area (Å²) < 4.78 is 27.6. The number of nitrogens with one attached hydrogen (secondary N) is 3. The molecule has 2 aromatic carbocycles. The van der Waals surface area contributed by atoms with Gasteiger partial charge in [0.25, 0.3) is 17.9 Å². The molecule has 1 aromatic heterocycles. The lowest BCUT2D eigenvalue weighted by atomic mass is 9.98. The summed E-state index contributed by atoms with van der Waals surface area (Å²) in [5.41, 5.74) is 6.14. The molecule has 0 saturated carbocycles. The second kappa shape index (κ2) is 11.3. The topological polar surface area (TPSA) is 113 Å². The summed E-state index contributed by atoms with van der Waals surface area (Å²) in [6, 6.07) is 13.5. The van der Waals surface area contributed by atoms with Crippen LogP contribution in [0.2, 0.25) is 0 Å². The first-order chi connectivity index (χ1) is 17.4. The van der Waals surface area contributed by atoms with Crippen molar-refractivity contribution >= 4 is 28.5 Å². The number of carbonyl (C=O) groups is 1. The minimum Gasteiger partial charge on any atom is -0.397 e. The average Bonchev–Trinajstić information content (AvgIpc) is 2.90. The highest BCUT2D eigenvalue weighted by Gasteiger charge is 2.16. The summed E-state index contributed by atoms with van der Waals surface area (Å²) in [6.45, 7) is 2.87. The van der Waals surface area contributed by atoms with Gasteiger partial charge in [0.15, 0.2) is 0 Å². The molecule has 0 radical (unpaired) electrons. The van der Waals surface area contributed by atoms with E-state index in [0.717, 1.165) is 37.7 Å². The van der Waals surface area contributed by atoms with E-state index >= 15 is 0 Å². The number of hydrogen-bond acceptors (Lipinski definition) is 5. The summed E-state index contributed by atoms with van der Waals surface area (Å²) >= 11 is 0. The molecule has 188 valence electrons. The molecule has 36 heavy (non-hydrogen) atoms. The highest BCUT2D eigenvalue weighted by Crippen LogP contribution is 2.22. The SMILES string of the molecule is N=C/C(=C(\N)C(F)F)c1ccc2c(=O)n(Cc3cccc(C(=O)NCC4CCNCC4)c3)ccc2c1. The fraction of sp³-hybridized carbons (Fsp3) is 0.296. The number of nitrogens with two attached hydrogens (primary N) is 1. The van der Waals surface area contributed by atoms with Crippen molar-refractivity contribution in [3.05, 3.63) is 87.5 Å². The fourth-order valence-corrected chi connectivity index (χ4v) is 4.46. The van der Waals surface area contributed by atoms with E-state index in [4.69, 9.17) is 11.1 Å². The van der Waals surface area contributed by atoms with Crippen LogP contribution in [0.15, 0.2) is 65.2 Å². The standard InChI is InChI=1S/C27H29F2N5O2/c28-25(29)24(31)23(14-30)19-4-5-22-20(13-19)8-11-34(27(22)36)16-18-2-1-3-21(12-18)26(35)33-15-17-6-9-32-10-7-17/h1-5,8,11-14,17,25,30,32H,6-7,9-10,15-16,31H2,(H,33,35)/b24-23+,30-14?. The third kappa shape index (κ3) is 5.68. The molecule has 0 bridgehead atoms. The Balaban J connectivity index is 1.52. The molecule has 0 atom stereocenters. The van der Waals surface area contributed by atoms with E-state index in [1.807, 2.05) is 6.07 Å². The number of carbonyl (C=O) groups excluding carboxylic acids is 1. The quantitative estimate of drug-likeness (QED) is 0.361. The van der Waals surface area contributed by atoms with Crippen LogP contribution in [0.1, 0.15) is 34.3 Å². The number of hydrogen-bond donors (Lipinski definition) is 4. The fourth-order valence-electron chi connectivity index (χ4n) is 4.46. The highest BCUT2D eigenvalue weighted by atomic mass is 19.3. The normalized spacial score (nSPS) is 15.1. The summed E-state index contributed by atoms with van der Waals surface area (Å²) in [5, 5.41) is 14.8. The Morgan fingerprint density at radius 3 is 2.67 bits per heavy atom. The number of fused-ring (bicyclic) bond motifs is 1. The van der Waals surface area contributed by atoms with E-state index in [9.17, 15) is 18.4 Å². The van der Waals surface area contributed by atoms with E-state index in [1.165, 1.54) is 10.6 Å². The molecular formula is C27H29F2N5O2. The Hall–Kier alpha value is -3.85. The minimum absolute atomic E-state index is 0.0775. The number of aromatic nitrogens is 1. The van der Waals surface area contributed by atoms with Crippen LogP contribution in [-0.4, -0.2) is 42.7 Å². The largest absolute Gasteiger partial charge is 0.397 e. The van der Waals surface area contributed by atoms with Crippen molar-refractivity contribution in [1.82, 2.24) is 15.2 Å². The van der Waals surface area contributed by atoms with E-state index in [-0.39, 0.29) is 23.6 Å². The summed E-state index contributed by atoms with van der Waals surface area (Å²) in [4.78, 5) is 25.8. The summed E-state index contributed by atoms with van der Waals surface area (Å²) in [6.07, 6.45) is 1.63. The monoisotopic (exact) mass is 493 g/mol. The maximum Gasteiger partial charge on any atom is 0.278 e. The first-order valence-electron chi connectivity index (χ1n) is 11.9. The Labute approximate surface area is 207 Å². The lowest BCUT2D eigenvalue weighted by Gasteiger charge is -2.22. The molecule has 5 N–H and O–H groups in total. The van der Waals surface area contributed by atoms with Gasteiger partial charge < -0.3 is 26.3 Å². The van der Waals surface area contributed by atoms with Crippen molar-refractivity contribution in [2.24, 2.45) is 11.7 Å². The van der Waals surface area contributed by atoms with Gasteiger partial charge in [-0.2, -0.15) is 0 Å². The zero-order chi connectivity index (χ0) is 25.7. The van der Waals surface area contributed by atoms with Crippen LogP contribution >= 0.6 is 0 Å². The van der Waals surface area contributed by atoms with Gasteiger partial charge in [0.2, 0.25) is 0 Å². The number of halogens is 2. The molecule has 1 saturated heterocycles. The second-order valence-electron chi connectivity index (χ2n) is 8.97. The van der Waals surface area contributed by atoms with Crippen molar-refractivity contribution < 1.29 is 13.6 Å². The second-order valence-corrected chi connectivity index (χ2v) is 8.97. The van der Waals surface area contributed by atoms with Gasteiger partial charge in [-0.15, -0.1) is 0 Å². The number of benzene rings is 2. The first kappa shape index (κ1) is 25.2. The maximum atomic E-state index is 13.1. The zero-order valence-electron chi connectivity index (χ0n) is 19.8. The molecule has 9 heteroatoms. The Bertz CT molecular complexity index is 1360. The van der Waals surface area contributed by atoms with Crippen molar-refractivity contribution in [2.75, 3.05) is 19.6 Å². The molecule has 1 amide bonds. The summed E-state index contributed by atoms with van der Waals surface area (Å²) in [7, 11) is 0. The van der Waals surface area contributed by atoms with Crippen LogP contribution in [0.4, 0.5) is 8.78 Å². The third-order valence-electron chi connectivity index (χ3n) is 6.53. The molecule has 1 fully saturated rings. The van der Waals surface area contributed by atoms with Crippen molar-refractivity contribution in [3.8, 4) is 0 Å². The Morgan fingerprint density at radius 1 is 1.17 bits per heavy atom. The number of allylic oxidation sites excluding steroid dienone is 2. The lowest BCUT2D eigenvalue weighted by Crippen LogP contribution is -2.36. The molecular weight excluding hydrogens is 464 g/mol. The van der Waals surface area contributed by atoms with Crippen LogP contribution < -0.4 is 21.9 Å². The van der Waals surface area contributed by atoms with Crippen molar-refractivity contribution in [1.29, 1.82) is 5.41 Å². The van der Waals surface area contributed by atoms with Crippen molar-refractivity contribution in [2.45, 2.75) is 25.8 Å².